The Balaban J connectivity index is 2.08. The second-order valence-corrected chi connectivity index (χ2v) is 5.61. The fourth-order valence-electron chi connectivity index (χ4n) is 3.24. The summed E-state index contributed by atoms with van der Waals surface area (Å²) in [6.07, 6.45) is 1.84. The van der Waals surface area contributed by atoms with Crippen molar-refractivity contribution >= 4 is 5.91 Å². The summed E-state index contributed by atoms with van der Waals surface area (Å²) >= 11 is 0. The second kappa shape index (κ2) is 7.57. The van der Waals surface area contributed by atoms with E-state index in [9.17, 15) is 4.79 Å². The smallest absolute Gasteiger partial charge is 0.254 e. The van der Waals surface area contributed by atoms with Crippen LogP contribution in [0.15, 0.2) is 24.3 Å². The standard InChI is InChI=1S/C17H27N3O/c1-3-19(4-2)15-10-12-20(13-15)17(21)16-8-6-5-7-14(16)9-11-18/h5-8,15H,3-4,9-13,18H2,1-2H3. The fourth-order valence-corrected chi connectivity index (χ4v) is 3.24. The molecule has 1 atom stereocenters. The van der Waals surface area contributed by atoms with Crippen LogP contribution in [0, 0.1) is 0 Å². The molecular formula is C17H27N3O. The van der Waals surface area contributed by atoms with Crippen molar-refractivity contribution in [1.29, 1.82) is 0 Å². The van der Waals surface area contributed by atoms with E-state index < -0.39 is 0 Å². The first-order chi connectivity index (χ1) is 10.2. The van der Waals surface area contributed by atoms with Crippen molar-refractivity contribution < 1.29 is 4.79 Å². The molecule has 0 saturated carbocycles. The Hall–Kier alpha value is -1.39. The maximum absolute atomic E-state index is 12.8. The Kier molecular flexibility index (Phi) is 5.76. The molecule has 116 valence electrons. The van der Waals surface area contributed by atoms with Gasteiger partial charge in [0, 0.05) is 24.7 Å². The number of nitrogens with two attached hydrogens (primary N) is 1. The molecular weight excluding hydrogens is 262 g/mol. The number of benzene rings is 1. The van der Waals surface area contributed by atoms with E-state index >= 15 is 0 Å². The van der Waals surface area contributed by atoms with Crippen LogP contribution >= 0.6 is 0 Å². The van der Waals surface area contributed by atoms with Gasteiger partial charge in [-0.15, -0.1) is 0 Å². The number of carbonyl (C=O) groups is 1. The summed E-state index contributed by atoms with van der Waals surface area (Å²) in [4.78, 5) is 17.2. The van der Waals surface area contributed by atoms with Crippen LogP contribution in [0.3, 0.4) is 0 Å². The van der Waals surface area contributed by atoms with Gasteiger partial charge in [-0.2, -0.15) is 0 Å². The van der Waals surface area contributed by atoms with Crippen molar-refractivity contribution in [2.75, 3.05) is 32.7 Å². The molecule has 1 unspecified atom stereocenters. The van der Waals surface area contributed by atoms with Crippen LogP contribution in [0.25, 0.3) is 0 Å². The van der Waals surface area contributed by atoms with E-state index in [-0.39, 0.29) is 5.91 Å². The summed E-state index contributed by atoms with van der Waals surface area (Å²) in [5, 5.41) is 0. The van der Waals surface area contributed by atoms with Crippen molar-refractivity contribution in [3.05, 3.63) is 35.4 Å². The zero-order valence-electron chi connectivity index (χ0n) is 13.2. The SMILES string of the molecule is CCN(CC)C1CCN(C(=O)c2ccccc2CCN)C1. The highest BCUT2D eigenvalue weighted by atomic mass is 16.2. The lowest BCUT2D eigenvalue weighted by Crippen LogP contribution is -2.38. The molecule has 2 rings (SSSR count). The van der Waals surface area contributed by atoms with Gasteiger partial charge >= 0.3 is 0 Å². The third-order valence-corrected chi connectivity index (χ3v) is 4.44. The number of carbonyl (C=O) groups excluding carboxylic acids is 1. The molecule has 1 aromatic carbocycles. The van der Waals surface area contributed by atoms with E-state index in [1.54, 1.807) is 0 Å². The number of rotatable bonds is 6. The highest BCUT2D eigenvalue weighted by molar-refractivity contribution is 5.95. The Bertz CT molecular complexity index is 471. The summed E-state index contributed by atoms with van der Waals surface area (Å²) < 4.78 is 0. The van der Waals surface area contributed by atoms with Gasteiger partial charge in [-0.05, 0) is 44.1 Å². The molecule has 1 aromatic rings. The lowest BCUT2D eigenvalue weighted by molar-refractivity contribution is 0.0777. The van der Waals surface area contributed by atoms with Crippen molar-refractivity contribution in [1.82, 2.24) is 9.80 Å². The minimum absolute atomic E-state index is 0.161. The van der Waals surface area contributed by atoms with Crippen molar-refractivity contribution in [2.24, 2.45) is 5.73 Å². The van der Waals surface area contributed by atoms with Gasteiger partial charge in [-0.1, -0.05) is 32.0 Å². The topological polar surface area (TPSA) is 49.6 Å². The molecule has 1 heterocycles. The predicted octanol–water partition coefficient (Wildman–Crippen LogP) is 1.74. The zero-order chi connectivity index (χ0) is 15.2. The first-order valence-electron chi connectivity index (χ1n) is 8.02. The van der Waals surface area contributed by atoms with Crippen LogP contribution in [-0.4, -0.2) is 54.5 Å². The summed E-state index contributed by atoms with van der Waals surface area (Å²) in [6, 6.07) is 8.36. The highest BCUT2D eigenvalue weighted by Crippen LogP contribution is 2.20. The summed E-state index contributed by atoms with van der Waals surface area (Å²) in [7, 11) is 0. The molecule has 0 aliphatic carbocycles. The molecule has 4 nitrogen and oxygen atoms in total. The molecule has 2 N–H and O–H groups in total. The fraction of sp³-hybridized carbons (Fsp3) is 0.588. The molecule has 1 amide bonds. The van der Waals surface area contributed by atoms with E-state index in [4.69, 9.17) is 5.73 Å². The first-order valence-corrected chi connectivity index (χ1v) is 8.02. The minimum Gasteiger partial charge on any atom is -0.337 e. The molecule has 0 spiro atoms. The van der Waals surface area contributed by atoms with E-state index in [0.717, 1.165) is 50.1 Å². The molecule has 0 aromatic heterocycles. The molecule has 1 aliphatic rings. The van der Waals surface area contributed by atoms with Crippen LogP contribution in [0.2, 0.25) is 0 Å². The normalized spacial score (nSPS) is 18.5. The first kappa shape index (κ1) is 16.0. The van der Waals surface area contributed by atoms with Crippen molar-refractivity contribution in [3.63, 3.8) is 0 Å². The Morgan fingerprint density at radius 2 is 2.05 bits per heavy atom. The van der Waals surface area contributed by atoms with Crippen LogP contribution in [0.4, 0.5) is 0 Å². The average molecular weight is 289 g/mol. The summed E-state index contributed by atoms with van der Waals surface area (Å²) in [5.74, 6) is 0.161. The van der Waals surface area contributed by atoms with E-state index in [0.29, 0.717) is 12.6 Å². The molecule has 1 fully saturated rings. The third kappa shape index (κ3) is 3.63. The molecule has 0 bridgehead atoms. The summed E-state index contributed by atoms with van der Waals surface area (Å²) in [5.41, 5.74) is 7.54. The Labute approximate surface area is 127 Å². The molecule has 1 saturated heterocycles. The number of likely N-dealkylation sites (tertiary alicyclic amines) is 1. The number of likely N-dealkylation sites (N-methyl/N-ethyl adjacent to an activating group) is 1. The maximum Gasteiger partial charge on any atom is 0.254 e. The zero-order valence-corrected chi connectivity index (χ0v) is 13.2. The Morgan fingerprint density at radius 1 is 1.33 bits per heavy atom. The molecule has 4 heteroatoms. The van der Waals surface area contributed by atoms with Gasteiger partial charge in [-0.25, -0.2) is 0 Å². The number of hydrogen-bond donors (Lipinski definition) is 1. The van der Waals surface area contributed by atoms with E-state index in [1.165, 1.54) is 0 Å². The average Bonchev–Trinajstić information content (AvgIpc) is 2.98. The lowest BCUT2D eigenvalue weighted by Gasteiger charge is -2.26. The van der Waals surface area contributed by atoms with Gasteiger partial charge in [0.1, 0.15) is 0 Å². The van der Waals surface area contributed by atoms with Crippen molar-refractivity contribution in [3.8, 4) is 0 Å². The maximum atomic E-state index is 12.8. The highest BCUT2D eigenvalue weighted by Gasteiger charge is 2.30. The van der Waals surface area contributed by atoms with E-state index in [1.807, 2.05) is 29.2 Å². The monoisotopic (exact) mass is 289 g/mol. The van der Waals surface area contributed by atoms with Crippen molar-refractivity contribution in [2.45, 2.75) is 32.7 Å². The second-order valence-electron chi connectivity index (χ2n) is 5.61. The number of nitrogens with zero attached hydrogens (tertiary/aromatic N) is 2. The van der Waals surface area contributed by atoms with Crippen LogP contribution in [-0.2, 0) is 6.42 Å². The van der Waals surface area contributed by atoms with Gasteiger partial charge < -0.3 is 10.6 Å². The van der Waals surface area contributed by atoms with Gasteiger partial charge in [0.25, 0.3) is 5.91 Å². The minimum atomic E-state index is 0.161. The number of hydrogen-bond acceptors (Lipinski definition) is 3. The van der Waals surface area contributed by atoms with Crippen LogP contribution in [0.5, 0.6) is 0 Å². The number of amides is 1. The van der Waals surface area contributed by atoms with Gasteiger partial charge in [0.2, 0.25) is 0 Å². The third-order valence-electron chi connectivity index (χ3n) is 4.44. The largest absolute Gasteiger partial charge is 0.337 e. The van der Waals surface area contributed by atoms with Gasteiger partial charge in [0.05, 0.1) is 0 Å². The molecule has 1 aliphatic heterocycles. The van der Waals surface area contributed by atoms with Crippen LogP contribution < -0.4 is 5.73 Å². The van der Waals surface area contributed by atoms with Gasteiger partial charge in [-0.3, -0.25) is 9.69 Å². The van der Waals surface area contributed by atoms with E-state index in [2.05, 4.69) is 18.7 Å². The quantitative estimate of drug-likeness (QED) is 0.868. The van der Waals surface area contributed by atoms with Gasteiger partial charge in [0.15, 0.2) is 0 Å². The molecule has 21 heavy (non-hydrogen) atoms. The Morgan fingerprint density at radius 3 is 2.71 bits per heavy atom. The van der Waals surface area contributed by atoms with Crippen LogP contribution in [0.1, 0.15) is 36.2 Å². The summed E-state index contributed by atoms with van der Waals surface area (Å²) in [6.45, 7) is 8.75. The predicted molar refractivity (Wildman–Crippen MR) is 86.4 cm³/mol. The lowest BCUT2D eigenvalue weighted by atomic mass is 10.0. The molecule has 0 radical (unpaired) electrons.